The molecule has 0 aliphatic carbocycles. The molecule has 0 fully saturated rings. The number of amides is 2. The molecule has 1 atom stereocenters. The predicted molar refractivity (Wildman–Crippen MR) is 115 cm³/mol. The monoisotopic (exact) mass is 420 g/mol. The summed E-state index contributed by atoms with van der Waals surface area (Å²) in [6.07, 6.45) is 2.52. The number of benzene rings is 2. The standard InChI is InChI=1S/C21H25ClN2O3S/c1-24(14-15-8-10-16(27-2)11-9-15)21(26)19(12-13-28-3)23-20(25)17-6-4-5-7-18(17)22/h4-11,19H,12-14H2,1-3H3,(H,23,25). The highest BCUT2D eigenvalue weighted by Crippen LogP contribution is 2.16. The van der Waals surface area contributed by atoms with Gasteiger partial charge in [0, 0.05) is 13.6 Å². The van der Waals surface area contributed by atoms with Crippen LogP contribution in [0.25, 0.3) is 0 Å². The van der Waals surface area contributed by atoms with E-state index in [2.05, 4.69) is 5.32 Å². The maximum absolute atomic E-state index is 13.0. The van der Waals surface area contributed by atoms with Crippen molar-refractivity contribution in [3.05, 3.63) is 64.7 Å². The zero-order valence-electron chi connectivity index (χ0n) is 16.3. The normalized spacial score (nSPS) is 11.6. The van der Waals surface area contributed by atoms with Gasteiger partial charge in [-0.1, -0.05) is 35.9 Å². The number of thioether (sulfide) groups is 1. The van der Waals surface area contributed by atoms with E-state index in [1.807, 2.05) is 30.5 Å². The Labute approximate surface area is 175 Å². The number of halogens is 1. The molecule has 5 nitrogen and oxygen atoms in total. The highest BCUT2D eigenvalue weighted by Gasteiger charge is 2.25. The molecule has 0 saturated heterocycles. The first kappa shape index (κ1) is 22.1. The molecular weight excluding hydrogens is 396 g/mol. The summed E-state index contributed by atoms with van der Waals surface area (Å²) in [4.78, 5) is 27.2. The van der Waals surface area contributed by atoms with E-state index in [-0.39, 0.29) is 11.8 Å². The van der Waals surface area contributed by atoms with Crippen molar-refractivity contribution in [1.29, 1.82) is 0 Å². The third-order valence-corrected chi connectivity index (χ3v) is 5.26. The molecule has 0 spiro atoms. The Kier molecular flexibility index (Phi) is 8.67. The minimum absolute atomic E-state index is 0.134. The van der Waals surface area contributed by atoms with E-state index in [0.29, 0.717) is 23.6 Å². The van der Waals surface area contributed by atoms with E-state index in [1.165, 1.54) is 0 Å². The zero-order chi connectivity index (χ0) is 20.5. The third kappa shape index (κ3) is 6.17. The molecule has 0 aliphatic rings. The number of carbonyl (C=O) groups is 2. The second-order valence-electron chi connectivity index (χ2n) is 6.33. The van der Waals surface area contributed by atoms with Crippen LogP contribution in [0.3, 0.4) is 0 Å². The summed E-state index contributed by atoms with van der Waals surface area (Å²) in [6, 6.07) is 13.8. The molecule has 2 amide bonds. The fraction of sp³-hybridized carbons (Fsp3) is 0.333. The number of carbonyl (C=O) groups excluding carboxylic acids is 2. The summed E-state index contributed by atoms with van der Waals surface area (Å²) in [7, 11) is 3.35. The number of nitrogens with one attached hydrogen (secondary N) is 1. The van der Waals surface area contributed by atoms with Gasteiger partial charge in [-0.05, 0) is 48.3 Å². The SMILES string of the molecule is COc1ccc(CN(C)C(=O)C(CCSC)NC(=O)c2ccccc2Cl)cc1. The van der Waals surface area contributed by atoms with E-state index < -0.39 is 6.04 Å². The van der Waals surface area contributed by atoms with E-state index in [0.717, 1.165) is 17.1 Å². The molecule has 150 valence electrons. The van der Waals surface area contributed by atoms with Crippen LogP contribution in [0.2, 0.25) is 5.02 Å². The number of hydrogen-bond acceptors (Lipinski definition) is 4. The van der Waals surface area contributed by atoms with Crippen LogP contribution in [0.1, 0.15) is 22.3 Å². The minimum atomic E-state index is -0.612. The van der Waals surface area contributed by atoms with Crippen molar-refractivity contribution < 1.29 is 14.3 Å². The number of ether oxygens (including phenoxy) is 1. The Morgan fingerprint density at radius 1 is 1.18 bits per heavy atom. The van der Waals surface area contributed by atoms with Crippen LogP contribution in [0.5, 0.6) is 5.75 Å². The molecule has 2 rings (SSSR count). The quantitative estimate of drug-likeness (QED) is 0.669. The summed E-state index contributed by atoms with van der Waals surface area (Å²) < 4.78 is 5.16. The molecule has 7 heteroatoms. The summed E-state index contributed by atoms with van der Waals surface area (Å²) >= 11 is 7.74. The van der Waals surface area contributed by atoms with Gasteiger partial charge < -0.3 is 15.0 Å². The van der Waals surface area contributed by atoms with E-state index >= 15 is 0 Å². The lowest BCUT2D eigenvalue weighted by atomic mass is 10.1. The first-order valence-electron chi connectivity index (χ1n) is 8.88. The van der Waals surface area contributed by atoms with Gasteiger partial charge in [0.25, 0.3) is 5.91 Å². The average molecular weight is 421 g/mol. The van der Waals surface area contributed by atoms with Crippen LogP contribution in [0.15, 0.2) is 48.5 Å². The van der Waals surface area contributed by atoms with Gasteiger partial charge in [0.05, 0.1) is 17.7 Å². The third-order valence-electron chi connectivity index (χ3n) is 4.29. The largest absolute Gasteiger partial charge is 0.497 e. The van der Waals surface area contributed by atoms with E-state index in [9.17, 15) is 9.59 Å². The van der Waals surface area contributed by atoms with Gasteiger partial charge in [-0.2, -0.15) is 11.8 Å². The molecule has 0 saturated carbocycles. The van der Waals surface area contributed by atoms with Gasteiger partial charge in [0.2, 0.25) is 5.91 Å². The van der Waals surface area contributed by atoms with Gasteiger partial charge in [-0.25, -0.2) is 0 Å². The van der Waals surface area contributed by atoms with Crippen molar-refractivity contribution in [3.8, 4) is 5.75 Å². The summed E-state index contributed by atoms with van der Waals surface area (Å²) in [5.74, 6) is 1.05. The van der Waals surface area contributed by atoms with Crippen LogP contribution >= 0.6 is 23.4 Å². The lowest BCUT2D eigenvalue weighted by Crippen LogP contribution is -2.47. The molecule has 0 radical (unpaired) electrons. The molecular formula is C21H25ClN2O3S. The van der Waals surface area contributed by atoms with Crippen molar-refractivity contribution in [2.75, 3.05) is 26.2 Å². The summed E-state index contributed by atoms with van der Waals surface area (Å²) in [5, 5.41) is 3.21. The Hall–Kier alpha value is -2.18. The first-order valence-corrected chi connectivity index (χ1v) is 10.7. The molecule has 2 aromatic carbocycles. The average Bonchev–Trinajstić information content (AvgIpc) is 2.71. The van der Waals surface area contributed by atoms with Crippen LogP contribution in [0, 0.1) is 0 Å². The Bertz CT molecular complexity index is 798. The highest BCUT2D eigenvalue weighted by molar-refractivity contribution is 7.98. The molecule has 0 aliphatic heterocycles. The smallest absolute Gasteiger partial charge is 0.253 e. The Morgan fingerprint density at radius 2 is 1.86 bits per heavy atom. The van der Waals surface area contributed by atoms with Crippen molar-refractivity contribution in [2.45, 2.75) is 19.0 Å². The van der Waals surface area contributed by atoms with Crippen LogP contribution in [0.4, 0.5) is 0 Å². The summed E-state index contributed by atoms with van der Waals surface area (Å²) in [5.41, 5.74) is 1.35. The van der Waals surface area contributed by atoms with Crippen LogP contribution < -0.4 is 10.1 Å². The van der Waals surface area contributed by atoms with E-state index in [1.54, 1.807) is 55.1 Å². The number of methoxy groups -OCH3 is 1. The number of nitrogens with zero attached hydrogens (tertiary/aromatic N) is 1. The number of rotatable bonds is 9. The lowest BCUT2D eigenvalue weighted by molar-refractivity contribution is -0.132. The summed E-state index contributed by atoms with van der Waals surface area (Å²) in [6.45, 7) is 0.445. The zero-order valence-corrected chi connectivity index (χ0v) is 17.8. The maximum Gasteiger partial charge on any atom is 0.253 e. The van der Waals surface area contributed by atoms with Crippen molar-refractivity contribution in [3.63, 3.8) is 0 Å². The van der Waals surface area contributed by atoms with Crippen LogP contribution in [-0.2, 0) is 11.3 Å². The van der Waals surface area contributed by atoms with Gasteiger partial charge in [-0.3, -0.25) is 9.59 Å². The van der Waals surface area contributed by atoms with E-state index in [4.69, 9.17) is 16.3 Å². The fourth-order valence-corrected chi connectivity index (χ4v) is 3.42. The van der Waals surface area contributed by atoms with Crippen molar-refractivity contribution in [2.24, 2.45) is 0 Å². The topological polar surface area (TPSA) is 58.6 Å². The van der Waals surface area contributed by atoms with Gasteiger partial charge in [0.1, 0.15) is 11.8 Å². The molecule has 0 aromatic heterocycles. The lowest BCUT2D eigenvalue weighted by Gasteiger charge is -2.25. The minimum Gasteiger partial charge on any atom is -0.497 e. The van der Waals surface area contributed by atoms with Gasteiger partial charge in [-0.15, -0.1) is 0 Å². The Balaban J connectivity index is 2.08. The highest BCUT2D eigenvalue weighted by atomic mass is 35.5. The van der Waals surface area contributed by atoms with Gasteiger partial charge in [0.15, 0.2) is 0 Å². The molecule has 2 aromatic rings. The number of hydrogen-bond donors (Lipinski definition) is 1. The van der Waals surface area contributed by atoms with Crippen molar-refractivity contribution >= 4 is 35.2 Å². The first-order chi connectivity index (χ1) is 13.5. The molecule has 0 heterocycles. The molecule has 0 bridgehead atoms. The van der Waals surface area contributed by atoms with Crippen molar-refractivity contribution in [1.82, 2.24) is 10.2 Å². The second-order valence-corrected chi connectivity index (χ2v) is 7.72. The number of likely N-dealkylation sites (N-methyl/N-ethyl adjacent to an activating group) is 1. The van der Waals surface area contributed by atoms with Gasteiger partial charge >= 0.3 is 0 Å². The molecule has 1 N–H and O–H groups in total. The predicted octanol–water partition coefficient (Wildman–Crippen LogP) is 3.86. The second kappa shape index (κ2) is 11.0. The molecule has 28 heavy (non-hydrogen) atoms. The fourth-order valence-electron chi connectivity index (χ4n) is 2.72. The molecule has 1 unspecified atom stereocenters. The Morgan fingerprint density at radius 3 is 2.46 bits per heavy atom. The van der Waals surface area contributed by atoms with Crippen LogP contribution in [-0.4, -0.2) is 48.9 Å². The maximum atomic E-state index is 13.0.